The van der Waals surface area contributed by atoms with Gasteiger partial charge in [0, 0.05) is 17.7 Å². The number of hydrogen-bond donors (Lipinski definition) is 1. The largest absolute Gasteiger partial charge is 0.482 e. The van der Waals surface area contributed by atoms with Gasteiger partial charge in [0.2, 0.25) is 5.89 Å². The third-order valence-corrected chi connectivity index (χ3v) is 5.67. The fourth-order valence-corrected chi connectivity index (χ4v) is 4.16. The van der Waals surface area contributed by atoms with E-state index in [9.17, 15) is 0 Å². The van der Waals surface area contributed by atoms with Gasteiger partial charge in [-0.3, -0.25) is 4.98 Å². The van der Waals surface area contributed by atoms with Crippen molar-refractivity contribution in [3.8, 4) is 17.2 Å². The summed E-state index contributed by atoms with van der Waals surface area (Å²) >= 11 is 0. The third-order valence-electron chi connectivity index (χ3n) is 5.67. The van der Waals surface area contributed by atoms with Crippen LogP contribution in [0.25, 0.3) is 11.5 Å². The van der Waals surface area contributed by atoms with Gasteiger partial charge in [-0.1, -0.05) is 56.2 Å². The summed E-state index contributed by atoms with van der Waals surface area (Å²) in [6, 6.07) is 22.5. The number of nitrogens with zero attached hydrogens (tertiary/aromatic N) is 3. The molecule has 0 bridgehead atoms. The van der Waals surface area contributed by atoms with Crippen LogP contribution >= 0.6 is 0 Å². The molecule has 6 nitrogen and oxygen atoms in total. The SMILES string of the molecule is CC(C)(Oc1ccc(C(c2ccc(-c3nnc(N)o3)cc2)C(C)(C)C)cc1)c1ccccn1. The van der Waals surface area contributed by atoms with E-state index in [0.717, 1.165) is 17.0 Å². The van der Waals surface area contributed by atoms with Gasteiger partial charge in [-0.2, -0.15) is 0 Å². The van der Waals surface area contributed by atoms with E-state index in [4.69, 9.17) is 14.9 Å². The van der Waals surface area contributed by atoms with Crippen molar-refractivity contribution in [1.29, 1.82) is 0 Å². The number of aromatic nitrogens is 3. The summed E-state index contributed by atoms with van der Waals surface area (Å²) in [6.45, 7) is 10.8. The molecule has 2 aromatic carbocycles. The van der Waals surface area contributed by atoms with E-state index >= 15 is 0 Å². The molecule has 0 radical (unpaired) electrons. The number of anilines is 1. The monoisotopic (exact) mass is 442 g/mol. The zero-order valence-electron chi connectivity index (χ0n) is 19.7. The second-order valence-corrected chi connectivity index (χ2v) is 9.76. The van der Waals surface area contributed by atoms with Crippen LogP contribution in [0.1, 0.15) is 57.4 Å². The molecule has 2 N–H and O–H groups in total. The molecule has 0 aliphatic heterocycles. The average Bonchev–Trinajstić information content (AvgIpc) is 3.21. The molecule has 0 spiro atoms. The average molecular weight is 443 g/mol. The molecule has 2 heterocycles. The molecule has 0 amide bonds. The van der Waals surface area contributed by atoms with Crippen LogP contribution in [0.4, 0.5) is 6.01 Å². The first-order valence-electron chi connectivity index (χ1n) is 11.0. The first-order valence-corrected chi connectivity index (χ1v) is 11.0. The summed E-state index contributed by atoms with van der Waals surface area (Å²) in [5, 5.41) is 7.70. The summed E-state index contributed by atoms with van der Waals surface area (Å²) in [7, 11) is 0. The Balaban J connectivity index is 1.58. The Labute approximate surface area is 194 Å². The van der Waals surface area contributed by atoms with Crippen LogP contribution in [-0.4, -0.2) is 15.2 Å². The van der Waals surface area contributed by atoms with E-state index in [1.54, 1.807) is 6.20 Å². The Hall–Kier alpha value is -3.67. The summed E-state index contributed by atoms with van der Waals surface area (Å²) in [5.74, 6) is 1.42. The Morgan fingerprint density at radius 1 is 0.818 bits per heavy atom. The molecule has 170 valence electrons. The topological polar surface area (TPSA) is 87.1 Å². The lowest BCUT2D eigenvalue weighted by atomic mass is 9.72. The highest BCUT2D eigenvalue weighted by Gasteiger charge is 2.29. The maximum atomic E-state index is 6.28. The van der Waals surface area contributed by atoms with Crippen LogP contribution < -0.4 is 10.5 Å². The number of pyridine rings is 1. The molecule has 4 aromatic rings. The van der Waals surface area contributed by atoms with E-state index in [1.165, 1.54) is 11.1 Å². The lowest BCUT2D eigenvalue weighted by Gasteiger charge is -2.32. The summed E-state index contributed by atoms with van der Waals surface area (Å²) in [4.78, 5) is 4.45. The zero-order valence-corrected chi connectivity index (χ0v) is 19.7. The van der Waals surface area contributed by atoms with Crippen molar-refractivity contribution >= 4 is 6.01 Å². The van der Waals surface area contributed by atoms with Crippen molar-refractivity contribution in [2.24, 2.45) is 5.41 Å². The van der Waals surface area contributed by atoms with Gasteiger partial charge in [0.05, 0.1) is 5.69 Å². The Morgan fingerprint density at radius 3 is 1.97 bits per heavy atom. The standard InChI is InChI=1S/C27H30N4O2/c1-26(2,3)23(18-9-11-20(12-10-18)24-30-31-25(28)32-24)19-13-15-21(16-14-19)33-27(4,5)22-8-6-7-17-29-22/h6-17,23H,1-5H3,(H2,28,31). The van der Waals surface area contributed by atoms with Crippen molar-refractivity contribution in [3.05, 3.63) is 89.7 Å². The first-order chi connectivity index (χ1) is 15.6. The van der Waals surface area contributed by atoms with Crippen molar-refractivity contribution < 1.29 is 9.15 Å². The summed E-state index contributed by atoms with van der Waals surface area (Å²) in [5.41, 5.74) is 9.20. The molecule has 4 rings (SSSR count). The number of benzene rings is 2. The predicted octanol–water partition coefficient (Wildman–Crippen LogP) is 6.21. The van der Waals surface area contributed by atoms with Gasteiger partial charge in [-0.25, -0.2) is 0 Å². The fourth-order valence-electron chi connectivity index (χ4n) is 4.16. The van der Waals surface area contributed by atoms with E-state index in [1.807, 2.05) is 56.3 Å². The first kappa shape index (κ1) is 22.5. The van der Waals surface area contributed by atoms with Crippen LogP contribution in [0.2, 0.25) is 0 Å². The van der Waals surface area contributed by atoms with E-state index in [2.05, 4.69) is 60.2 Å². The number of nitrogens with two attached hydrogens (primary N) is 1. The van der Waals surface area contributed by atoms with Gasteiger partial charge in [0.15, 0.2) is 0 Å². The molecular weight excluding hydrogens is 412 g/mol. The van der Waals surface area contributed by atoms with E-state index in [-0.39, 0.29) is 17.3 Å². The van der Waals surface area contributed by atoms with Crippen molar-refractivity contribution in [1.82, 2.24) is 15.2 Å². The molecule has 33 heavy (non-hydrogen) atoms. The van der Waals surface area contributed by atoms with Gasteiger partial charge in [0.25, 0.3) is 0 Å². The minimum atomic E-state index is -0.528. The molecular formula is C27H30N4O2. The van der Waals surface area contributed by atoms with Crippen LogP contribution in [0, 0.1) is 5.41 Å². The minimum absolute atomic E-state index is 0.00599. The molecule has 2 aromatic heterocycles. The second-order valence-electron chi connectivity index (χ2n) is 9.76. The number of ether oxygens (including phenoxy) is 1. The van der Waals surface area contributed by atoms with Crippen LogP contribution in [0.5, 0.6) is 5.75 Å². The van der Waals surface area contributed by atoms with Crippen molar-refractivity contribution in [2.75, 3.05) is 5.73 Å². The highest BCUT2D eigenvalue weighted by atomic mass is 16.5. The number of nitrogen functional groups attached to an aromatic ring is 1. The molecule has 6 heteroatoms. The summed E-state index contributed by atoms with van der Waals surface area (Å²) in [6.07, 6.45) is 1.79. The Kier molecular flexibility index (Phi) is 5.93. The molecule has 0 fully saturated rings. The van der Waals surface area contributed by atoms with Crippen molar-refractivity contribution in [3.63, 3.8) is 0 Å². The predicted molar refractivity (Wildman–Crippen MR) is 130 cm³/mol. The Bertz CT molecular complexity index is 1190. The number of rotatable bonds is 6. The maximum absolute atomic E-state index is 6.28. The van der Waals surface area contributed by atoms with Gasteiger partial charge in [-0.05, 0) is 66.8 Å². The van der Waals surface area contributed by atoms with Crippen LogP contribution in [-0.2, 0) is 5.60 Å². The molecule has 0 aliphatic rings. The highest BCUT2D eigenvalue weighted by Crippen LogP contribution is 2.41. The van der Waals surface area contributed by atoms with Gasteiger partial charge >= 0.3 is 6.01 Å². The zero-order chi connectivity index (χ0) is 23.6. The lowest BCUT2D eigenvalue weighted by Crippen LogP contribution is -2.26. The third kappa shape index (κ3) is 5.06. The van der Waals surface area contributed by atoms with Gasteiger partial charge in [-0.15, -0.1) is 5.10 Å². The molecule has 0 saturated carbocycles. The fraction of sp³-hybridized carbons (Fsp3) is 0.296. The molecule has 0 aliphatic carbocycles. The van der Waals surface area contributed by atoms with Crippen LogP contribution in [0.3, 0.4) is 0 Å². The summed E-state index contributed by atoms with van der Waals surface area (Å²) < 4.78 is 11.6. The van der Waals surface area contributed by atoms with Gasteiger partial charge < -0.3 is 14.9 Å². The minimum Gasteiger partial charge on any atom is -0.482 e. The van der Waals surface area contributed by atoms with E-state index < -0.39 is 5.60 Å². The van der Waals surface area contributed by atoms with Crippen LogP contribution in [0.15, 0.2) is 77.3 Å². The Morgan fingerprint density at radius 2 is 1.45 bits per heavy atom. The lowest BCUT2D eigenvalue weighted by molar-refractivity contribution is 0.104. The smallest absolute Gasteiger partial charge is 0.313 e. The van der Waals surface area contributed by atoms with E-state index in [0.29, 0.717) is 5.89 Å². The molecule has 1 unspecified atom stereocenters. The number of hydrogen-bond acceptors (Lipinski definition) is 6. The quantitative estimate of drug-likeness (QED) is 0.382. The van der Waals surface area contributed by atoms with Gasteiger partial charge in [0.1, 0.15) is 11.4 Å². The van der Waals surface area contributed by atoms with Crippen molar-refractivity contribution in [2.45, 2.75) is 46.1 Å². The molecule has 1 atom stereocenters. The normalized spacial score (nSPS) is 13.0. The molecule has 0 saturated heterocycles. The maximum Gasteiger partial charge on any atom is 0.313 e. The second kappa shape index (κ2) is 8.70. The highest BCUT2D eigenvalue weighted by molar-refractivity contribution is 5.54.